The number of rotatable bonds is 7. The summed E-state index contributed by atoms with van der Waals surface area (Å²) >= 11 is 2.90. The van der Waals surface area contributed by atoms with Gasteiger partial charge in [0.2, 0.25) is 0 Å². The Kier molecular flexibility index (Phi) is 8.41. The highest BCUT2D eigenvalue weighted by molar-refractivity contribution is 7.17. The number of carbonyl (C=O) groups excluding carboxylic acids is 2. The van der Waals surface area contributed by atoms with Gasteiger partial charge in [0, 0.05) is 34.6 Å². The van der Waals surface area contributed by atoms with Crippen LogP contribution < -0.4 is 5.32 Å². The van der Waals surface area contributed by atoms with Crippen LogP contribution in [0.5, 0.6) is 0 Å². The van der Waals surface area contributed by atoms with Crippen molar-refractivity contribution in [2.75, 3.05) is 32.1 Å². The van der Waals surface area contributed by atoms with Crippen molar-refractivity contribution in [3.63, 3.8) is 0 Å². The zero-order valence-electron chi connectivity index (χ0n) is 22.3. The molecule has 0 unspecified atom stereocenters. The van der Waals surface area contributed by atoms with E-state index in [-0.39, 0.29) is 11.9 Å². The number of likely N-dealkylation sites (N-methyl/N-ethyl adjacent to an activating group) is 1. The lowest BCUT2D eigenvalue weighted by Crippen LogP contribution is -2.31. The number of nitrogens with one attached hydrogen (secondary N) is 1. The maximum Gasteiger partial charge on any atom is 0.348 e. The van der Waals surface area contributed by atoms with Crippen LogP contribution in [0, 0.1) is 11.8 Å². The zero-order valence-corrected chi connectivity index (χ0v) is 23.9. The van der Waals surface area contributed by atoms with Gasteiger partial charge in [-0.15, -0.1) is 22.7 Å². The van der Waals surface area contributed by atoms with E-state index in [0.29, 0.717) is 28.8 Å². The smallest absolute Gasteiger partial charge is 0.348 e. The summed E-state index contributed by atoms with van der Waals surface area (Å²) < 4.78 is 5.51. The van der Waals surface area contributed by atoms with Gasteiger partial charge < -0.3 is 15.0 Å². The van der Waals surface area contributed by atoms with E-state index in [1.807, 2.05) is 31.2 Å². The van der Waals surface area contributed by atoms with E-state index < -0.39 is 0 Å². The second kappa shape index (κ2) is 11.9. The van der Waals surface area contributed by atoms with Crippen LogP contribution in [0.25, 0.3) is 16.0 Å². The maximum absolute atomic E-state index is 13.1. The number of nitrogens with zero attached hydrogens (tertiary/aromatic N) is 2. The lowest BCUT2D eigenvalue weighted by molar-refractivity contribution is 0.0531. The lowest BCUT2D eigenvalue weighted by Gasteiger charge is -2.35. The Hall–Kier alpha value is -2.81. The average Bonchev–Trinajstić information content (AvgIpc) is 3.61. The molecule has 1 fully saturated rings. The van der Waals surface area contributed by atoms with Crippen molar-refractivity contribution in [2.45, 2.75) is 46.0 Å². The maximum atomic E-state index is 13.1. The van der Waals surface area contributed by atoms with Crippen LogP contribution in [0.2, 0.25) is 0 Å². The van der Waals surface area contributed by atoms with Crippen molar-refractivity contribution in [1.82, 2.24) is 9.88 Å². The van der Waals surface area contributed by atoms with Crippen LogP contribution in [-0.4, -0.2) is 48.5 Å². The Balaban J connectivity index is 1.47. The fourth-order valence-electron chi connectivity index (χ4n) is 5.56. The Morgan fingerprint density at radius 2 is 1.92 bits per heavy atom. The molecule has 1 aliphatic carbocycles. The van der Waals surface area contributed by atoms with E-state index in [0.717, 1.165) is 41.4 Å². The Morgan fingerprint density at radius 1 is 1.16 bits per heavy atom. The SMILES string of the molecule is CCOC(=O)c1sc(-c2ccc(NC(=O)c3cscn3)cc2)cc1C1=C(C2CCC(C)CC2)CN(C)CC1. The quantitative estimate of drug-likeness (QED) is 0.315. The van der Waals surface area contributed by atoms with Gasteiger partial charge in [0.25, 0.3) is 5.91 Å². The zero-order chi connectivity index (χ0) is 26.6. The molecule has 1 aliphatic heterocycles. The molecule has 1 N–H and O–H groups in total. The first kappa shape index (κ1) is 26.8. The molecule has 2 aliphatic rings. The summed E-state index contributed by atoms with van der Waals surface area (Å²) in [4.78, 5) is 33.7. The number of hydrogen-bond donors (Lipinski definition) is 1. The molecule has 5 rings (SSSR count). The number of amides is 1. The van der Waals surface area contributed by atoms with E-state index in [1.54, 1.807) is 10.9 Å². The highest BCUT2D eigenvalue weighted by Crippen LogP contribution is 2.43. The highest BCUT2D eigenvalue weighted by atomic mass is 32.1. The van der Waals surface area contributed by atoms with Crippen molar-refractivity contribution >= 4 is 45.8 Å². The molecule has 38 heavy (non-hydrogen) atoms. The second-order valence-corrected chi connectivity index (χ2v) is 12.2. The van der Waals surface area contributed by atoms with Crippen LogP contribution in [-0.2, 0) is 4.74 Å². The van der Waals surface area contributed by atoms with Crippen LogP contribution in [0.1, 0.15) is 71.7 Å². The third-order valence-electron chi connectivity index (χ3n) is 7.69. The predicted molar refractivity (Wildman–Crippen MR) is 156 cm³/mol. The predicted octanol–water partition coefficient (Wildman–Crippen LogP) is 7.22. The third kappa shape index (κ3) is 5.92. The largest absolute Gasteiger partial charge is 0.462 e. The molecule has 0 atom stereocenters. The third-order valence-corrected chi connectivity index (χ3v) is 9.44. The number of benzene rings is 1. The first-order chi connectivity index (χ1) is 18.4. The van der Waals surface area contributed by atoms with Gasteiger partial charge in [-0.05, 0) is 80.0 Å². The molecule has 1 aromatic carbocycles. The second-order valence-electron chi connectivity index (χ2n) is 10.4. The molecule has 3 aromatic rings. The van der Waals surface area contributed by atoms with Gasteiger partial charge in [-0.3, -0.25) is 4.79 Å². The molecule has 200 valence electrons. The lowest BCUT2D eigenvalue weighted by atomic mass is 9.75. The Bertz CT molecular complexity index is 1300. The Morgan fingerprint density at radius 3 is 2.61 bits per heavy atom. The number of carbonyl (C=O) groups is 2. The summed E-state index contributed by atoms with van der Waals surface area (Å²) in [5, 5.41) is 4.63. The summed E-state index contributed by atoms with van der Waals surface area (Å²) in [7, 11) is 2.20. The first-order valence-corrected chi connectivity index (χ1v) is 15.2. The minimum atomic E-state index is -0.242. The molecule has 3 heterocycles. The molecule has 8 heteroatoms. The van der Waals surface area contributed by atoms with Gasteiger partial charge in [0.05, 0.1) is 12.1 Å². The van der Waals surface area contributed by atoms with Crippen molar-refractivity contribution in [3.8, 4) is 10.4 Å². The minimum Gasteiger partial charge on any atom is -0.462 e. The summed E-state index contributed by atoms with van der Waals surface area (Å²) in [6.45, 7) is 6.53. The molecule has 0 radical (unpaired) electrons. The topological polar surface area (TPSA) is 71.5 Å². The Labute approximate surface area is 232 Å². The van der Waals surface area contributed by atoms with Crippen LogP contribution in [0.15, 0.2) is 46.8 Å². The van der Waals surface area contributed by atoms with Crippen molar-refractivity contribution < 1.29 is 14.3 Å². The van der Waals surface area contributed by atoms with Gasteiger partial charge in [0.1, 0.15) is 10.6 Å². The molecular formula is C30H35N3O3S2. The van der Waals surface area contributed by atoms with E-state index in [9.17, 15) is 9.59 Å². The number of thiazole rings is 1. The van der Waals surface area contributed by atoms with E-state index in [2.05, 4.69) is 35.2 Å². The van der Waals surface area contributed by atoms with Gasteiger partial charge in [-0.1, -0.05) is 31.9 Å². The number of anilines is 1. The minimum absolute atomic E-state index is 0.221. The molecule has 2 aromatic heterocycles. The first-order valence-electron chi connectivity index (χ1n) is 13.4. The molecular weight excluding hydrogens is 514 g/mol. The number of aromatic nitrogens is 1. The molecule has 0 saturated heterocycles. The average molecular weight is 550 g/mol. The van der Waals surface area contributed by atoms with Gasteiger partial charge >= 0.3 is 5.97 Å². The molecule has 0 bridgehead atoms. The van der Waals surface area contributed by atoms with Crippen LogP contribution >= 0.6 is 22.7 Å². The number of ether oxygens (including phenoxy) is 1. The molecule has 1 saturated carbocycles. The summed E-state index contributed by atoms with van der Waals surface area (Å²) in [6.07, 6.45) is 5.95. The number of hydrogen-bond acceptors (Lipinski definition) is 7. The highest BCUT2D eigenvalue weighted by Gasteiger charge is 2.30. The standard InChI is InChI=1S/C30H35N3O3S2/c1-4-36-30(35)28-24(23-13-14-33(3)16-25(23)20-7-5-19(2)6-8-20)15-27(38-28)21-9-11-22(12-10-21)32-29(34)26-17-37-18-31-26/h9-12,15,17-20H,4-8,13-14,16H2,1-3H3,(H,32,34). The number of thiophene rings is 1. The van der Waals surface area contributed by atoms with E-state index in [4.69, 9.17) is 4.74 Å². The summed E-state index contributed by atoms with van der Waals surface area (Å²) in [5.74, 6) is 0.923. The summed E-state index contributed by atoms with van der Waals surface area (Å²) in [5.41, 5.74) is 7.69. The van der Waals surface area contributed by atoms with Crippen LogP contribution in [0.4, 0.5) is 5.69 Å². The van der Waals surface area contributed by atoms with Crippen LogP contribution in [0.3, 0.4) is 0 Å². The van der Waals surface area contributed by atoms with Crippen molar-refractivity contribution in [2.24, 2.45) is 11.8 Å². The number of esters is 1. The normalized spacial score (nSPS) is 20.4. The molecule has 6 nitrogen and oxygen atoms in total. The van der Waals surface area contributed by atoms with Gasteiger partial charge in [-0.2, -0.15) is 0 Å². The van der Waals surface area contributed by atoms with E-state index in [1.165, 1.54) is 59.5 Å². The van der Waals surface area contributed by atoms with Crippen molar-refractivity contribution in [3.05, 3.63) is 62.9 Å². The van der Waals surface area contributed by atoms with Gasteiger partial charge in [-0.25, -0.2) is 9.78 Å². The van der Waals surface area contributed by atoms with Crippen molar-refractivity contribution in [1.29, 1.82) is 0 Å². The monoisotopic (exact) mass is 549 g/mol. The van der Waals surface area contributed by atoms with E-state index >= 15 is 0 Å². The molecule has 1 amide bonds. The molecule has 0 spiro atoms. The van der Waals surface area contributed by atoms with Gasteiger partial charge in [0.15, 0.2) is 0 Å². The fraction of sp³-hybridized carbons (Fsp3) is 0.433. The fourth-order valence-corrected chi connectivity index (χ4v) is 7.18. The summed E-state index contributed by atoms with van der Waals surface area (Å²) in [6, 6.07) is 9.96.